The van der Waals surface area contributed by atoms with E-state index in [1.807, 2.05) is 12.2 Å². The molecule has 82 valence electrons. The molecule has 4 atom stereocenters. The van der Waals surface area contributed by atoms with Gasteiger partial charge in [-0.15, -0.1) is 6.58 Å². The third-order valence-electron chi connectivity index (χ3n) is 3.41. The molecule has 1 saturated carbocycles. The monoisotopic (exact) mass is 207 g/mol. The van der Waals surface area contributed by atoms with E-state index in [-0.39, 0.29) is 11.8 Å². The molecule has 2 fully saturated rings. The first-order chi connectivity index (χ1) is 7.27. The first kappa shape index (κ1) is 10.4. The summed E-state index contributed by atoms with van der Waals surface area (Å²) in [4.78, 5) is 11.3. The minimum Gasteiger partial charge on any atom is -0.381 e. The van der Waals surface area contributed by atoms with Crippen LogP contribution in [0.5, 0.6) is 0 Å². The highest BCUT2D eigenvalue weighted by Gasteiger charge is 2.52. The number of β-lactam (4-membered cyclic amide) rings is 1. The van der Waals surface area contributed by atoms with Crippen molar-refractivity contribution in [2.45, 2.75) is 12.5 Å². The second-order valence-corrected chi connectivity index (χ2v) is 4.24. The maximum Gasteiger partial charge on any atom is 0.226 e. The Morgan fingerprint density at radius 1 is 1.60 bits per heavy atom. The lowest BCUT2D eigenvalue weighted by molar-refractivity contribution is -0.135. The summed E-state index contributed by atoms with van der Waals surface area (Å²) in [5.74, 6) is 1.15. The second-order valence-electron chi connectivity index (χ2n) is 4.24. The number of nitrogens with one attached hydrogen (secondary N) is 1. The molecule has 1 amide bonds. The standard InChI is InChI=1S/C12H17NO2/c1-3-8-7-9(5-4-6-15-2)11-10(8)12(14)13-11/h3-5,8-11H,1,6-7H2,2H3,(H,13,14)/b5-4+/t8-,9+,10+,11-/m1/s1. The van der Waals surface area contributed by atoms with Crippen molar-refractivity contribution in [2.24, 2.45) is 17.8 Å². The molecule has 1 N–H and O–H groups in total. The summed E-state index contributed by atoms with van der Waals surface area (Å²) < 4.78 is 4.96. The van der Waals surface area contributed by atoms with Crippen LogP contribution in [0.15, 0.2) is 24.8 Å². The third kappa shape index (κ3) is 1.72. The molecule has 1 saturated heterocycles. The minimum absolute atomic E-state index is 0.166. The topological polar surface area (TPSA) is 38.3 Å². The number of amides is 1. The number of fused-ring (bicyclic) bond motifs is 1. The number of methoxy groups -OCH3 is 1. The van der Waals surface area contributed by atoms with E-state index in [0.29, 0.717) is 24.5 Å². The van der Waals surface area contributed by atoms with Crippen molar-refractivity contribution in [3.05, 3.63) is 24.8 Å². The summed E-state index contributed by atoms with van der Waals surface area (Å²) in [7, 11) is 1.68. The average Bonchev–Trinajstić information content (AvgIpc) is 2.51. The van der Waals surface area contributed by atoms with E-state index in [1.54, 1.807) is 7.11 Å². The lowest BCUT2D eigenvalue weighted by atomic mass is 9.85. The summed E-state index contributed by atoms with van der Waals surface area (Å²) in [5.41, 5.74) is 0. The maximum absolute atomic E-state index is 11.3. The maximum atomic E-state index is 11.3. The lowest BCUT2D eigenvalue weighted by Gasteiger charge is -2.35. The molecule has 3 heteroatoms. The normalized spacial score (nSPS) is 38.6. The number of ether oxygens (including phenoxy) is 1. The molecule has 0 unspecified atom stereocenters. The molecule has 0 aromatic heterocycles. The molecule has 0 bridgehead atoms. The number of hydrogen-bond donors (Lipinski definition) is 1. The molecule has 0 aromatic carbocycles. The van der Waals surface area contributed by atoms with Crippen LogP contribution in [0.4, 0.5) is 0 Å². The molecule has 0 spiro atoms. The van der Waals surface area contributed by atoms with Gasteiger partial charge in [-0.05, 0) is 18.3 Å². The Bertz CT molecular complexity index is 298. The van der Waals surface area contributed by atoms with Crippen LogP contribution in [0.25, 0.3) is 0 Å². The van der Waals surface area contributed by atoms with Gasteiger partial charge in [0, 0.05) is 13.2 Å². The molecule has 2 rings (SSSR count). The van der Waals surface area contributed by atoms with Gasteiger partial charge >= 0.3 is 0 Å². The van der Waals surface area contributed by atoms with E-state index >= 15 is 0 Å². The van der Waals surface area contributed by atoms with Gasteiger partial charge in [0.05, 0.1) is 12.5 Å². The van der Waals surface area contributed by atoms with Crippen molar-refractivity contribution in [3.8, 4) is 0 Å². The number of carbonyl (C=O) groups is 1. The lowest BCUT2D eigenvalue weighted by Crippen LogP contribution is -2.58. The fourth-order valence-corrected chi connectivity index (χ4v) is 2.63. The van der Waals surface area contributed by atoms with E-state index in [1.165, 1.54) is 0 Å². The third-order valence-corrected chi connectivity index (χ3v) is 3.41. The number of rotatable bonds is 4. The van der Waals surface area contributed by atoms with Crippen LogP contribution in [-0.2, 0) is 9.53 Å². The predicted octanol–water partition coefficient (Wildman–Crippen LogP) is 1.13. The van der Waals surface area contributed by atoms with E-state index < -0.39 is 0 Å². The van der Waals surface area contributed by atoms with Crippen LogP contribution in [0.1, 0.15) is 6.42 Å². The van der Waals surface area contributed by atoms with E-state index in [9.17, 15) is 4.79 Å². The smallest absolute Gasteiger partial charge is 0.226 e. The molecule has 1 heterocycles. The van der Waals surface area contributed by atoms with Crippen LogP contribution in [0, 0.1) is 17.8 Å². The van der Waals surface area contributed by atoms with Crippen molar-refractivity contribution < 1.29 is 9.53 Å². The van der Waals surface area contributed by atoms with Crippen LogP contribution in [-0.4, -0.2) is 25.7 Å². The molecular formula is C12H17NO2. The van der Waals surface area contributed by atoms with Crippen molar-refractivity contribution in [3.63, 3.8) is 0 Å². The fourth-order valence-electron chi connectivity index (χ4n) is 2.63. The molecule has 2 aliphatic rings. The molecule has 1 aliphatic carbocycles. The Balaban J connectivity index is 1.99. The van der Waals surface area contributed by atoms with Gasteiger partial charge in [0.15, 0.2) is 0 Å². The van der Waals surface area contributed by atoms with Gasteiger partial charge in [-0.1, -0.05) is 18.2 Å². The fraction of sp³-hybridized carbons (Fsp3) is 0.583. The van der Waals surface area contributed by atoms with Gasteiger partial charge in [0.2, 0.25) is 5.91 Å². The number of carbonyl (C=O) groups excluding carboxylic acids is 1. The summed E-state index contributed by atoms with van der Waals surface area (Å²) in [5, 5.41) is 2.97. The predicted molar refractivity (Wildman–Crippen MR) is 58.2 cm³/mol. The van der Waals surface area contributed by atoms with Crippen LogP contribution in [0.3, 0.4) is 0 Å². The minimum atomic E-state index is 0.166. The summed E-state index contributed by atoms with van der Waals surface area (Å²) in [6, 6.07) is 0.327. The SMILES string of the molecule is C=C[C@@H]1C[C@H](/C=C/COC)[C@H]2NC(=O)[C@H]21. The number of allylic oxidation sites excluding steroid dienone is 1. The Hall–Kier alpha value is -1.09. The average molecular weight is 207 g/mol. The van der Waals surface area contributed by atoms with Crippen LogP contribution >= 0.6 is 0 Å². The van der Waals surface area contributed by atoms with Crippen molar-refractivity contribution in [1.29, 1.82) is 0 Å². The summed E-state index contributed by atoms with van der Waals surface area (Å²) in [6.07, 6.45) is 7.13. The van der Waals surface area contributed by atoms with E-state index in [4.69, 9.17) is 4.74 Å². The van der Waals surface area contributed by atoms with E-state index in [0.717, 1.165) is 6.42 Å². The van der Waals surface area contributed by atoms with Crippen LogP contribution in [0.2, 0.25) is 0 Å². The first-order valence-corrected chi connectivity index (χ1v) is 5.36. The van der Waals surface area contributed by atoms with Crippen LogP contribution < -0.4 is 5.32 Å². The summed E-state index contributed by atoms with van der Waals surface area (Å²) in [6.45, 7) is 4.44. The largest absolute Gasteiger partial charge is 0.381 e. The van der Waals surface area contributed by atoms with Gasteiger partial charge in [0.1, 0.15) is 0 Å². The Morgan fingerprint density at radius 3 is 2.93 bits per heavy atom. The first-order valence-electron chi connectivity index (χ1n) is 5.36. The molecule has 0 radical (unpaired) electrons. The van der Waals surface area contributed by atoms with E-state index in [2.05, 4.69) is 18.0 Å². The van der Waals surface area contributed by atoms with Gasteiger partial charge < -0.3 is 10.1 Å². The van der Waals surface area contributed by atoms with Crippen molar-refractivity contribution >= 4 is 5.91 Å². The molecule has 15 heavy (non-hydrogen) atoms. The summed E-state index contributed by atoms with van der Waals surface area (Å²) >= 11 is 0. The van der Waals surface area contributed by atoms with Gasteiger partial charge in [-0.25, -0.2) is 0 Å². The Labute approximate surface area is 90.2 Å². The molecule has 0 aromatic rings. The Kier molecular flexibility index (Phi) is 2.91. The van der Waals surface area contributed by atoms with Gasteiger partial charge in [0.25, 0.3) is 0 Å². The van der Waals surface area contributed by atoms with Crippen molar-refractivity contribution in [1.82, 2.24) is 5.32 Å². The highest BCUT2D eigenvalue weighted by molar-refractivity contribution is 5.87. The molecule has 3 nitrogen and oxygen atoms in total. The quantitative estimate of drug-likeness (QED) is 0.554. The molecule has 1 aliphatic heterocycles. The highest BCUT2D eigenvalue weighted by Crippen LogP contribution is 2.43. The van der Waals surface area contributed by atoms with Crippen molar-refractivity contribution in [2.75, 3.05) is 13.7 Å². The number of hydrogen-bond acceptors (Lipinski definition) is 2. The molecular weight excluding hydrogens is 190 g/mol. The zero-order valence-electron chi connectivity index (χ0n) is 8.98. The second kappa shape index (κ2) is 4.19. The zero-order chi connectivity index (χ0) is 10.8. The zero-order valence-corrected chi connectivity index (χ0v) is 8.98. The highest BCUT2D eigenvalue weighted by atomic mass is 16.5. The Morgan fingerprint density at radius 2 is 2.40 bits per heavy atom. The van der Waals surface area contributed by atoms with Gasteiger partial charge in [-0.2, -0.15) is 0 Å². The van der Waals surface area contributed by atoms with Gasteiger partial charge in [-0.3, -0.25) is 4.79 Å².